The van der Waals surface area contributed by atoms with Gasteiger partial charge >= 0.3 is 0 Å². The molecular formula is C22H22FN3O. The third kappa shape index (κ3) is 4.42. The largest absolute Gasteiger partial charge is 0.436 e. The number of anilines is 1. The van der Waals surface area contributed by atoms with Crippen LogP contribution in [0.2, 0.25) is 0 Å². The first kappa shape index (κ1) is 17.5. The van der Waals surface area contributed by atoms with Crippen LogP contribution in [0.25, 0.3) is 0 Å². The van der Waals surface area contributed by atoms with E-state index in [-0.39, 0.29) is 5.75 Å². The predicted octanol–water partition coefficient (Wildman–Crippen LogP) is 4.87. The summed E-state index contributed by atoms with van der Waals surface area (Å²) in [6.45, 7) is 1.90. The fraction of sp³-hybridized carbons (Fsp3) is 0.273. The minimum atomic E-state index is -0.403. The Bertz CT molecular complexity index is 879. The minimum Gasteiger partial charge on any atom is -0.436 e. The number of hydrogen-bond acceptors (Lipinski definition) is 4. The summed E-state index contributed by atoms with van der Waals surface area (Å²) >= 11 is 0. The molecule has 0 bridgehead atoms. The Morgan fingerprint density at radius 1 is 0.963 bits per heavy atom. The first-order valence-corrected chi connectivity index (χ1v) is 9.31. The summed E-state index contributed by atoms with van der Waals surface area (Å²) in [6.07, 6.45) is 4.85. The van der Waals surface area contributed by atoms with Crippen molar-refractivity contribution in [2.24, 2.45) is 5.92 Å². The van der Waals surface area contributed by atoms with Crippen molar-refractivity contribution in [2.75, 3.05) is 18.0 Å². The smallest absolute Gasteiger partial charge is 0.224 e. The van der Waals surface area contributed by atoms with Crippen LogP contribution in [-0.4, -0.2) is 23.1 Å². The van der Waals surface area contributed by atoms with Gasteiger partial charge in [0.15, 0.2) is 11.6 Å². The van der Waals surface area contributed by atoms with E-state index in [9.17, 15) is 4.39 Å². The maximum absolute atomic E-state index is 13.8. The summed E-state index contributed by atoms with van der Waals surface area (Å²) in [5, 5.41) is 0. The van der Waals surface area contributed by atoms with Gasteiger partial charge in [-0.2, -0.15) is 0 Å². The topological polar surface area (TPSA) is 38.2 Å². The molecule has 138 valence electrons. The zero-order chi connectivity index (χ0) is 18.5. The number of ether oxygens (including phenoxy) is 1. The van der Waals surface area contributed by atoms with E-state index in [1.165, 1.54) is 18.0 Å². The molecule has 27 heavy (non-hydrogen) atoms. The van der Waals surface area contributed by atoms with Crippen molar-refractivity contribution in [1.82, 2.24) is 9.97 Å². The van der Waals surface area contributed by atoms with Gasteiger partial charge < -0.3 is 9.64 Å². The standard InChI is InChI=1S/C22H22FN3O/c23-19-8-4-5-9-20(19)27-22-15-21(24-16-25-22)26-12-10-18(11-13-26)14-17-6-2-1-3-7-17/h1-9,15-16,18H,10-14H2. The lowest BCUT2D eigenvalue weighted by atomic mass is 9.90. The fourth-order valence-electron chi connectivity index (χ4n) is 3.51. The molecule has 0 N–H and O–H groups in total. The second-order valence-electron chi connectivity index (χ2n) is 6.87. The summed E-state index contributed by atoms with van der Waals surface area (Å²) in [5.74, 6) is 1.65. The van der Waals surface area contributed by atoms with Crippen molar-refractivity contribution in [3.05, 3.63) is 78.4 Å². The Hall–Kier alpha value is -2.95. The van der Waals surface area contributed by atoms with E-state index >= 15 is 0 Å². The third-order valence-corrected chi connectivity index (χ3v) is 4.98. The molecule has 1 aromatic heterocycles. The van der Waals surface area contributed by atoms with Crippen LogP contribution in [0.4, 0.5) is 10.2 Å². The van der Waals surface area contributed by atoms with Crippen molar-refractivity contribution >= 4 is 5.82 Å². The van der Waals surface area contributed by atoms with E-state index in [4.69, 9.17) is 4.74 Å². The highest BCUT2D eigenvalue weighted by atomic mass is 19.1. The molecular weight excluding hydrogens is 341 g/mol. The number of piperidine rings is 1. The SMILES string of the molecule is Fc1ccccc1Oc1cc(N2CCC(Cc3ccccc3)CC2)ncn1. The number of para-hydroxylation sites is 1. The highest BCUT2D eigenvalue weighted by molar-refractivity contribution is 5.42. The van der Waals surface area contributed by atoms with Gasteiger partial charge in [0.05, 0.1) is 0 Å². The maximum Gasteiger partial charge on any atom is 0.224 e. The molecule has 1 saturated heterocycles. The molecule has 2 aromatic carbocycles. The molecule has 3 aromatic rings. The van der Waals surface area contributed by atoms with Gasteiger partial charge in [-0.05, 0) is 42.9 Å². The van der Waals surface area contributed by atoms with Gasteiger partial charge in [0.1, 0.15) is 12.1 Å². The number of halogens is 1. The van der Waals surface area contributed by atoms with Gasteiger partial charge in [0.25, 0.3) is 0 Å². The van der Waals surface area contributed by atoms with Crippen LogP contribution in [0, 0.1) is 11.7 Å². The van der Waals surface area contributed by atoms with Crippen LogP contribution in [0.1, 0.15) is 18.4 Å². The van der Waals surface area contributed by atoms with Crippen LogP contribution in [0.15, 0.2) is 67.0 Å². The fourth-order valence-corrected chi connectivity index (χ4v) is 3.51. The van der Waals surface area contributed by atoms with Crippen molar-refractivity contribution < 1.29 is 9.13 Å². The van der Waals surface area contributed by atoms with Gasteiger partial charge in [0, 0.05) is 19.2 Å². The molecule has 1 aliphatic heterocycles. The molecule has 0 saturated carbocycles. The number of aromatic nitrogens is 2. The van der Waals surface area contributed by atoms with Gasteiger partial charge in [-0.1, -0.05) is 42.5 Å². The number of hydrogen-bond donors (Lipinski definition) is 0. The number of benzene rings is 2. The number of rotatable bonds is 5. The lowest BCUT2D eigenvalue weighted by Crippen LogP contribution is -2.34. The maximum atomic E-state index is 13.8. The average molecular weight is 363 g/mol. The van der Waals surface area contributed by atoms with E-state index < -0.39 is 5.82 Å². The predicted molar refractivity (Wildman–Crippen MR) is 104 cm³/mol. The molecule has 4 rings (SSSR count). The highest BCUT2D eigenvalue weighted by Crippen LogP contribution is 2.28. The van der Waals surface area contributed by atoms with Gasteiger partial charge in [-0.15, -0.1) is 0 Å². The molecule has 0 amide bonds. The van der Waals surface area contributed by atoms with Crippen molar-refractivity contribution in [2.45, 2.75) is 19.3 Å². The van der Waals surface area contributed by atoms with E-state index in [1.54, 1.807) is 24.3 Å². The van der Waals surface area contributed by atoms with Crippen LogP contribution >= 0.6 is 0 Å². The Morgan fingerprint density at radius 2 is 1.70 bits per heavy atom. The van der Waals surface area contributed by atoms with E-state index in [0.717, 1.165) is 38.2 Å². The van der Waals surface area contributed by atoms with Crippen molar-refractivity contribution in [1.29, 1.82) is 0 Å². The molecule has 0 aliphatic carbocycles. The first-order chi connectivity index (χ1) is 13.3. The van der Waals surface area contributed by atoms with E-state index in [2.05, 4.69) is 45.2 Å². The molecule has 0 spiro atoms. The van der Waals surface area contributed by atoms with Crippen LogP contribution in [0.5, 0.6) is 11.6 Å². The molecule has 0 radical (unpaired) electrons. The Balaban J connectivity index is 1.38. The first-order valence-electron chi connectivity index (χ1n) is 9.31. The molecule has 5 heteroatoms. The van der Waals surface area contributed by atoms with Crippen molar-refractivity contribution in [3.8, 4) is 11.6 Å². The Morgan fingerprint density at radius 3 is 2.48 bits per heavy atom. The van der Waals surface area contributed by atoms with Gasteiger partial charge in [0.2, 0.25) is 5.88 Å². The van der Waals surface area contributed by atoms with E-state index in [0.29, 0.717) is 11.8 Å². The van der Waals surface area contributed by atoms with Gasteiger partial charge in [-0.3, -0.25) is 0 Å². The Kier molecular flexibility index (Phi) is 5.28. The second kappa shape index (κ2) is 8.16. The molecule has 1 aliphatic rings. The average Bonchev–Trinajstić information content (AvgIpc) is 2.71. The Labute approximate surface area is 158 Å². The summed E-state index contributed by atoms with van der Waals surface area (Å²) in [7, 11) is 0. The summed E-state index contributed by atoms with van der Waals surface area (Å²) in [4.78, 5) is 10.7. The molecule has 0 unspecified atom stereocenters. The molecule has 1 fully saturated rings. The molecule has 0 atom stereocenters. The zero-order valence-corrected chi connectivity index (χ0v) is 15.1. The van der Waals surface area contributed by atoms with Gasteiger partial charge in [-0.25, -0.2) is 14.4 Å². The lowest BCUT2D eigenvalue weighted by molar-refractivity contribution is 0.400. The quantitative estimate of drug-likeness (QED) is 0.648. The second-order valence-corrected chi connectivity index (χ2v) is 6.87. The monoisotopic (exact) mass is 363 g/mol. The summed E-state index contributed by atoms with van der Waals surface area (Å²) in [6, 6.07) is 18.8. The summed E-state index contributed by atoms with van der Waals surface area (Å²) in [5.41, 5.74) is 1.40. The zero-order valence-electron chi connectivity index (χ0n) is 15.1. The van der Waals surface area contributed by atoms with Crippen LogP contribution in [-0.2, 0) is 6.42 Å². The molecule has 4 nitrogen and oxygen atoms in total. The third-order valence-electron chi connectivity index (χ3n) is 4.98. The van der Waals surface area contributed by atoms with Crippen LogP contribution in [0.3, 0.4) is 0 Å². The molecule has 2 heterocycles. The number of nitrogens with zero attached hydrogens (tertiary/aromatic N) is 3. The minimum absolute atomic E-state index is 0.170. The van der Waals surface area contributed by atoms with Crippen LogP contribution < -0.4 is 9.64 Å². The summed E-state index contributed by atoms with van der Waals surface area (Å²) < 4.78 is 19.4. The van der Waals surface area contributed by atoms with Crippen molar-refractivity contribution in [3.63, 3.8) is 0 Å². The lowest BCUT2D eigenvalue weighted by Gasteiger charge is -2.32. The highest BCUT2D eigenvalue weighted by Gasteiger charge is 2.21. The van der Waals surface area contributed by atoms with E-state index in [1.807, 2.05) is 0 Å². The normalized spacial score (nSPS) is 14.9.